The molecule has 0 saturated carbocycles. The molecule has 0 unspecified atom stereocenters. The molecule has 0 saturated heterocycles. The molecule has 0 aromatic heterocycles. The Morgan fingerprint density at radius 2 is 1.78 bits per heavy atom. The second-order valence-electron chi connectivity index (χ2n) is 7.35. The highest BCUT2D eigenvalue weighted by molar-refractivity contribution is 6.13. The van der Waals surface area contributed by atoms with Crippen molar-refractivity contribution in [3.63, 3.8) is 0 Å². The van der Waals surface area contributed by atoms with Crippen molar-refractivity contribution in [3.8, 4) is 0 Å². The van der Waals surface area contributed by atoms with E-state index in [9.17, 15) is 9.59 Å². The SMILES string of the molecule is CC1(C)C(c2ccc(C(N)=O)cc2)=Nc2ccc(C3=NNC(=O)CC3)cc21. The number of carbonyl (C=O) groups excluding carboxylic acids is 2. The van der Waals surface area contributed by atoms with Crippen LogP contribution in [0.25, 0.3) is 0 Å². The molecule has 136 valence electrons. The van der Waals surface area contributed by atoms with Crippen molar-refractivity contribution in [3.05, 3.63) is 64.7 Å². The van der Waals surface area contributed by atoms with Crippen LogP contribution in [0.4, 0.5) is 5.69 Å². The summed E-state index contributed by atoms with van der Waals surface area (Å²) in [5.41, 5.74) is 13.9. The number of nitrogens with zero attached hydrogens (tertiary/aromatic N) is 2. The number of rotatable bonds is 3. The molecule has 2 heterocycles. The van der Waals surface area contributed by atoms with Gasteiger partial charge in [0.15, 0.2) is 0 Å². The van der Waals surface area contributed by atoms with Crippen LogP contribution in [0.1, 0.15) is 53.7 Å². The van der Waals surface area contributed by atoms with Crippen LogP contribution in [0.2, 0.25) is 0 Å². The third-order valence-electron chi connectivity index (χ3n) is 5.17. The van der Waals surface area contributed by atoms with Crippen molar-refractivity contribution >= 4 is 28.9 Å². The van der Waals surface area contributed by atoms with Crippen LogP contribution < -0.4 is 11.2 Å². The zero-order valence-corrected chi connectivity index (χ0v) is 15.2. The Hall–Kier alpha value is -3.28. The molecular formula is C21H20N4O2. The number of nitrogens with two attached hydrogens (primary N) is 1. The predicted octanol–water partition coefficient (Wildman–Crippen LogP) is 2.81. The summed E-state index contributed by atoms with van der Waals surface area (Å²) in [6, 6.07) is 13.3. The average molecular weight is 360 g/mol. The Labute approximate surface area is 157 Å². The van der Waals surface area contributed by atoms with Gasteiger partial charge in [-0.3, -0.25) is 14.6 Å². The fourth-order valence-electron chi connectivity index (χ4n) is 3.60. The van der Waals surface area contributed by atoms with E-state index >= 15 is 0 Å². The number of hydrogen-bond acceptors (Lipinski definition) is 4. The van der Waals surface area contributed by atoms with Crippen molar-refractivity contribution in [2.75, 3.05) is 0 Å². The molecule has 0 aliphatic carbocycles. The van der Waals surface area contributed by atoms with Gasteiger partial charge in [-0.1, -0.05) is 32.0 Å². The summed E-state index contributed by atoms with van der Waals surface area (Å²) in [5, 5.41) is 4.19. The van der Waals surface area contributed by atoms with Gasteiger partial charge in [-0.25, -0.2) is 5.43 Å². The number of fused-ring (bicyclic) bond motifs is 1. The first-order chi connectivity index (χ1) is 12.9. The molecule has 2 aliphatic rings. The topological polar surface area (TPSA) is 96.9 Å². The van der Waals surface area contributed by atoms with Crippen LogP contribution in [-0.4, -0.2) is 23.2 Å². The first-order valence-corrected chi connectivity index (χ1v) is 8.86. The van der Waals surface area contributed by atoms with Crippen molar-refractivity contribution in [2.45, 2.75) is 32.1 Å². The maximum absolute atomic E-state index is 11.3. The summed E-state index contributed by atoms with van der Waals surface area (Å²) in [7, 11) is 0. The van der Waals surface area contributed by atoms with Gasteiger partial charge in [-0.15, -0.1) is 0 Å². The minimum absolute atomic E-state index is 0.0507. The molecule has 0 fully saturated rings. The van der Waals surface area contributed by atoms with Crippen LogP contribution in [-0.2, 0) is 10.2 Å². The summed E-state index contributed by atoms with van der Waals surface area (Å²) in [5.74, 6) is -0.493. The van der Waals surface area contributed by atoms with E-state index in [-0.39, 0.29) is 11.3 Å². The zero-order chi connectivity index (χ0) is 19.2. The first kappa shape index (κ1) is 17.1. The molecule has 6 heteroatoms. The number of hydrazone groups is 1. The molecule has 2 amide bonds. The van der Waals surface area contributed by atoms with Crippen molar-refractivity contribution in [2.24, 2.45) is 15.8 Å². The average Bonchev–Trinajstić information content (AvgIpc) is 2.93. The van der Waals surface area contributed by atoms with Crippen LogP contribution >= 0.6 is 0 Å². The Bertz CT molecular complexity index is 1020. The molecular weight excluding hydrogens is 340 g/mol. The van der Waals surface area contributed by atoms with Gasteiger partial charge in [-0.2, -0.15) is 5.10 Å². The summed E-state index contributed by atoms with van der Waals surface area (Å²) in [4.78, 5) is 27.5. The van der Waals surface area contributed by atoms with E-state index in [1.54, 1.807) is 12.1 Å². The van der Waals surface area contributed by atoms with Crippen molar-refractivity contribution in [1.82, 2.24) is 5.43 Å². The molecule has 0 radical (unpaired) electrons. The fourth-order valence-corrected chi connectivity index (χ4v) is 3.60. The standard InChI is InChI=1S/C21H20N4O2/c1-21(2)15-11-14(16-9-10-18(26)25-24-16)7-8-17(15)23-19(21)12-3-5-13(6-4-12)20(22)27/h3-8,11H,9-10H2,1-2H3,(H2,22,27)(H,25,26). The number of carbonyl (C=O) groups is 2. The van der Waals surface area contributed by atoms with Crippen LogP contribution in [0.5, 0.6) is 0 Å². The highest BCUT2D eigenvalue weighted by Gasteiger charge is 2.36. The van der Waals surface area contributed by atoms with Gasteiger partial charge in [0.25, 0.3) is 0 Å². The molecule has 3 N–H and O–H groups in total. The third kappa shape index (κ3) is 2.93. The van der Waals surface area contributed by atoms with E-state index in [1.165, 1.54) is 0 Å². The Kier molecular flexibility index (Phi) is 3.91. The van der Waals surface area contributed by atoms with E-state index in [2.05, 4.69) is 30.4 Å². The number of primary amides is 1. The second kappa shape index (κ2) is 6.16. The van der Waals surface area contributed by atoms with Crippen LogP contribution in [0.15, 0.2) is 52.6 Å². The summed E-state index contributed by atoms with van der Waals surface area (Å²) < 4.78 is 0. The minimum atomic E-state index is -0.442. The lowest BCUT2D eigenvalue weighted by Gasteiger charge is -2.23. The van der Waals surface area contributed by atoms with Crippen LogP contribution in [0, 0.1) is 0 Å². The first-order valence-electron chi connectivity index (χ1n) is 8.86. The van der Waals surface area contributed by atoms with E-state index in [1.807, 2.05) is 24.3 Å². The van der Waals surface area contributed by atoms with Gasteiger partial charge in [0.05, 0.1) is 17.1 Å². The number of benzene rings is 2. The largest absolute Gasteiger partial charge is 0.366 e. The summed E-state index contributed by atoms with van der Waals surface area (Å²) >= 11 is 0. The number of amides is 2. The highest BCUT2D eigenvalue weighted by Crippen LogP contribution is 2.42. The minimum Gasteiger partial charge on any atom is -0.366 e. The quantitative estimate of drug-likeness (QED) is 0.880. The third-order valence-corrected chi connectivity index (χ3v) is 5.17. The molecule has 2 aromatic rings. The fraction of sp³-hybridized carbons (Fsp3) is 0.238. The Balaban J connectivity index is 1.69. The van der Waals surface area contributed by atoms with E-state index < -0.39 is 5.91 Å². The molecule has 0 spiro atoms. The molecule has 0 atom stereocenters. The number of aliphatic imine (C=N–C) groups is 1. The maximum Gasteiger partial charge on any atom is 0.248 e. The molecule has 4 rings (SSSR count). The summed E-state index contributed by atoms with van der Waals surface area (Å²) in [6.07, 6.45) is 1.08. The van der Waals surface area contributed by atoms with Gasteiger partial charge in [0.1, 0.15) is 0 Å². The summed E-state index contributed by atoms with van der Waals surface area (Å²) in [6.45, 7) is 4.27. The van der Waals surface area contributed by atoms with Crippen molar-refractivity contribution in [1.29, 1.82) is 0 Å². The van der Waals surface area contributed by atoms with Gasteiger partial charge < -0.3 is 5.73 Å². The smallest absolute Gasteiger partial charge is 0.248 e. The maximum atomic E-state index is 11.3. The predicted molar refractivity (Wildman–Crippen MR) is 105 cm³/mol. The van der Waals surface area contributed by atoms with E-state index in [0.717, 1.165) is 33.8 Å². The molecule has 0 bridgehead atoms. The molecule has 2 aromatic carbocycles. The monoisotopic (exact) mass is 360 g/mol. The van der Waals surface area contributed by atoms with E-state index in [4.69, 9.17) is 10.7 Å². The number of hydrogen-bond donors (Lipinski definition) is 2. The van der Waals surface area contributed by atoms with Crippen molar-refractivity contribution < 1.29 is 9.59 Å². The van der Waals surface area contributed by atoms with Gasteiger partial charge in [0.2, 0.25) is 11.8 Å². The van der Waals surface area contributed by atoms with Gasteiger partial charge in [-0.05, 0) is 41.0 Å². The second-order valence-corrected chi connectivity index (χ2v) is 7.35. The lowest BCUT2D eigenvalue weighted by Crippen LogP contribution is -2.28. The lowest BCUT2D eigenvalue weighted by molar-refractivity contribution is -0.121. The highest BCUT2D eigenvalue weighted by atomic mass is 16.2. The van der Waals surface area contributed by atoms with E-state index in [0.29, 0.717) is 18.4 Å². The zero-order valence-electron chi connectivity index (χ0n) is 15.2. The van der Waals surface area contributed by atoms with Crippen LogP contribution in [0.3, 0.4) is 0 Å². The number of nitrogens with one attached hydrogen (secondary N) is 1. The molecule has 2 aliphatic heterocycles. The Morgan fingerprint density at radius 1 is 1.07 bits per heavy atom. The van der Waals surface area contributed by atoms with Gasteiger partial charge in [0, 0.05) is 23.8 Å². The van der Waals surface area contributed by atoms with Gasteiger partial charge >= 0.3 is 0 Å². The lowest BCUT2D eigenvalue weighted by atomic mass is 9.78. The molecule has 6 nitrogen and oxygen atoms in total. The molecule has 27 heavy (non-hydrogen) atoms. The normalized spacial score (nSPS) is 17.6. The Morgan fingerprint density at radius 3 is 2.41 bits per heavy atom.